The molecule has 0 aromatic heterocycles. The van der Waals surface area contributed by atoms with Crippen molar-refractivity contribution >= 4 is 25.8 Å². The molecule has 4 nitrogen and oxygen atoms in total. The third-order valence-corrected chi connectivity index (χ3v) is 5.15. The number of sulfone groups is 1. The van der Waals surface area contributed by atoms with Crippen LogP contribution in [-0.2, 0) is 22.0 Å². The van der Waals surface area contributed by atoms with Gasteiger partial charge in [0.25, 0.3) is 0 Å². The SMILES string of the molecule is CC(N)CCS(=O)(=O)Cc1cc(Br)cc2c1OCC2. The number of fused-ring (bicyclic) bond motifs is 1. The number of ether oxygens (including phenoxy) is 1. The highest BCUT2D eigenvalue weighted by atomic mass is 79.9. The normalized spacial score (nSPS) is 15.9. The van der Waals surface area contributed by atoms with Crippen molar-refractivity contribution in [3.05, 3.63) is 27.7 Å². The van der Waals surface area contributed by atoms with Crippen LogP contribution in [-0.4, -0.2) is 26.8 Å². The van der Waals surface area contributed by atoms with Crippen molar-refractivity contribution in [2.45, 2.75) is 31.6 Å². The molecule has 1 aromatic rings. The number of rotatable bonds is 5. The summed E-state index contributed by atoms with van der Waals surface area (Å²) in [6, 6.07) is 3.72. The van der Waals surface area contributed by atoms with Gasteiger partial charge in [0.2, 0.25) is 0 Å². The van der Waals surface area contributed by atoms with Gasteiger partial charge in [-0.15, -0.1) is 0 Å². The molecule has 106 valence electrons. The maximum atomic E-state index is 12.1. The Morgan fingerprint density at radius 1 is 1.47 bits per heavy atom. The van der Waals surface area contributed by atoms with Crippen molar-refractivity contribution in [2.24, 2.45) is 5.73 Å². The Labute approximate surface area is 122 Å². The number of halogens is 1. The molecule has 1 atom stereocenters. The Morgan fingerprint density at radius 3 is 2.89 bits per heavy atom. The summed E-state index contributed by atoms with van der Waals surface area (Å²) in [7, 11) is -3.15. The molecule has 2 rings (SSSR count). The summed E-state index contributed by atoms with van der Waals surface area (Å²) >= 11 is 3.42. The Morgan fingerprint density at radius 2 is 2.21 bits per heavy atom. The lowest BCUT2D eigenvalue weighted by Crippen LogP contribution is -2.21. The molecule has 0 spiro atoms. The zero-order chi connectivity index (χ0) is 14.0. The lowest BCUT2D eigenvalue weighted by molar-refractivity contribution is 0.354. The van der Waals surface area contributed by atoms with Crippen molar-refractivity contribution in [1.29, 1.82) is 0 Å². The summed E-state index contributed by atoms with van der Waals surface area (Å²) in [5, 5.41) is 0. The molecule has 2 N–H and O–H groups in total. The fourth-order valence-corrected chi connectivity index (χ4v) is 4.24. The molecule has 19 heavy (non-hydrogen) atoms. The van der Waals surface area contributed by atoms with E-state index in [1.807, 2.05) is 19.1 Å². The predicted octanol–water partition coefficient (Wildman–Crippen LogP) is 2.04. The molecule has 1 aliphatic heterocycles. The number of nitrogens with two attached hydrogens (primary N) is 1. The summed E-state index contributed by atoms with van der Waals surface area (Å²) in [6.45, 7) is 2.44. The summed E-state index contributed by atoms with van der Waals surface area (Å²) in [5.41, 5.74) is 7.43. The average Bonchev–Trinajstić information content (AvgIpc) is 2.74. The second-order valence-corrected chi connectivity index (χ2v) is 8.11. The Kier molecular flexibility index (Phi) is 4.53. The molecule has 0 radical (unpaired) electrons. The minimum atomic E-state index is -3.15. The van der Waals surface area contributed by atoms with Crippen molar-refractivity contribution in [3.63, 3.8) is 0 Å². The first-order valence-electron chi connectivity index (χ1n) is 6.27. The topological polar surface area (TPSA) is 69.4 Å². The van der Waals surface area contributed by atoms with Gasteiger partial charge in [-0.25, -0.2) is 8.42 Å². The first-order valence-corrected chi connectivity index (χ1v) is 8.89. The van der Waals surface area contributed by atoms with E-state index in [4.69, 9.17) is 10.5 Å². The summed E-state index contributed by atoms with van der Waals surface area (Å²) in [5.74, 6) is 0.876. The molecule has 0 amide bonds. The van der Waals surface area contributed by atoms with Crippen molar-refractivity contribution in [2.75, 3.05) is 12.4 Å². The highest BCUT2D eigenvalue weighted by Crippen LogP contribution is 2.34. The van der Waals surface area contributed by atoms with Crippen LogP contribution in [0.3, 0.4) is 0 Å². The van der Waals surface area contributed by atoms with Crippen LogP contribution in [0.2, 0.25) is 0 Å². The molecular weight excluding hydrogens is 330 g/mol. The Balaban J connectivity index is 2.19. The first-order chi connectivity index (χ1) is 8.87. The Bertz CT molecular complexity index is 569. The van der Waals surface area contributed by atoms with E-state index in [0.29, 0.717) is 13.0 Å². The van der Waals surface area contributed by atoms with Crippen molar-refractivity contribution in [1.82, 2.24) is 0 Å². The van der Waals surface area contributed by atoms with Gasteiger partial charge in [-0.1, -0.05) is 15.9 Å². The van der Waals surface area contributed by atoms with Crippen LogP contribution in [0.25, 0.3) is 0 Å². The minimum absolute atomic E-state index is 0.0154. The van der Waals surface area contributed by atoms with Crippen LogP contribution >= 0.6 is 15.9 Å². The van der Waals surface area contributed by atoms with Crippen molar-refractivity contribution in [3.8, 4) is 5.75 Å². The molecule has 0 saturated carbocycles. The van der Waals surface area contributed by atoms with E-state index in [1.54, 1.807) is 0 Å². The summed E-state index contributed by atoms with van der Waals surface area (Å²) in [6.07, 6.45) is 1.32. The molecule has 0 fully saturated rings. The molecular formula is C13H18BrNO3S. The van der Waals surface area contributed by atoms with Gasteiger partial charge in [0, 0.05) is 22.5 Å². The van der Waals surface area contributed by atoms with Crippen LogP contribution in [0.1, 0.15) is 24.5 Å². The molecule has 0 aliphatic carbocycles. The van der Waals surface area contributed by atoms with Crippen LogP contribution in [0.5, 0.6) is 5.75 Å². The van der Waals surface area contributed by atoms with Gasteiger partial charge in [0.05, 0.1) is 18.1 Å². The third kappa shape index (κ3) is 3.94. The number of hydrogen-bond acceptors (Lipinski definition) is 4. The Hall–Kier alpha value is -0.590. The van der Waals surface area contributed by atoms with E-state index in [2.05, 4.69) is 15.9 Å². The van der Waals surface area contributed by atoms with Gasteiger partial charge >= 0.3 is 0 Å². The fraction of sp³-hybridized carbons (Fsp3) is 0.538. The second-order valence-electron chi connectivity index (χ2n) is 5.01. The smallest absolute Gasteiger partial charge is 0.154 e. The van der Waals surface area contributed by atoms with E-state index in [1.165, 1.54) is 0 Å². The summed E-state index contributed by atoms with van der Waals surface area (Å²) in [4.78, 5) is 0. The van der Waals surface area contributed by atoms with Crippen LogP contribution < -0.4 is 10.5 Å². The predicted molar refractivity (Wildman–Crippen MR) is 79.1 cm³/mol. The lowest BCUT2D eigenvalue weighted by Gasteiger charge is -2.11. The van der Waals surface area contributed by atoms with Gasteiger partial charge in [-0.05, 0) is 31.0 Å². The molecule has 0 bridgehead atoms. The monoisotopic (exact) mass is 347 g/mol. The van der Waals surface area contributed by atoms with Gasteiger partial charge in [0.15, 0.2) is 9.84 Å². The van der Waals surface area contributed by atoms with Crippen LogP contribution in [0, 0.1) is 0 Å². The first kappa shape index (κ1) is 14.8. The van der Waals surface area contributed by atoms with Gasteiger partial charge < -0.3 is 10.5 Å². The highest BCUT2D eigenvalue weighted by molar-refractivity contribution is 9.10. The summed E-state index contributed by atoms with van der Waals surface area (Å²) < 4.78 is 30.6. The number of hydrogen-bond donors (Lipinski definition) is 1. The van der Waals surface area contributed by atoms with E-state index in [0.717, 1.165) is 27.8 Å². The van der Waals surface area contributed by atoms with E-state index in [9.17, 15) is 8.42 Å². The van der Waals surface area contributed by atoms with Gasteiger partial charge in [0.1, 0.15) is 5.75 Å². The lowest BCUT2D eigenvalue weighted by atomic mass is 10.1. The standard InChI is InChI=1S/C13H18BrNO3S/c1-9(15)3-5-19(16,17)8-11-7-12(14)6-10-2-4-18-13(10)11/h6-7,9H,2-5,8,15H2,1H3. The van der Waals surface area contributed by atoms with E-state index < -0.39 is 9.84 Å². The molecule has 1 aliphatic rings. The maximum absolute atomic E-state index is 12.1. The van der Waals surface area contributed by atoms with E-state index >= 15 is 0 Å². The minimum Gasteiger partial charge on any atom is -0.493 e. The van der Waals surface area contributed by atoms with Crippen LogP contribution in [0.15, 0.2) is 16.6 Å². The quantitative estimate of drug-likeness (QED) is 0.884. The maximum Gasteiger partial charge on any atom is 0.154 e. The molecule has 0 saturated heterocycles. The molecule has 6 heteroatoms. The van der Waals surface area contributed by atoms with Gasteiger partial charge in [-0.3, -0.25) is 0 Å². The van der Waals surface area contributed by atoms with Crippen molar-refractivity contribution < 1.29 is 13.2 Å². The fourth-order valence-electron chi connectivity index (χ4n) is 2.13. The van der Waals surface area contributed by atoms with E-state index in [-0.39, 0.29) is 17.5 Å². The molecule has 1 heterocycles. The number of benzene rings is 1. The highest BCUT2D eigenvalue weighted by Gasteiger charge is 2.22. The zero-order valence-electron chi connectivity index (χ0n) is 10.9. The molecule has 1 aromatic carbocycles. The molecule has 1 unspecified atom stereocenters. The zero-order valence-corrected chi connectivity index (χ0v) is 13.3. The van der Waals surface area contributed by atoms with Gasteiger partial charge in [-0.2, -0.15) is 0 Å². The third-order valence-electron chi connectivity index (χ3n) is 3.08. The second kappa shape index (κ2) is 5.81. The largest absolute Gasteiger partial charge is 0.493 e. The van der Waals surface area contributed by atoms with Crippen LogP contribution in [0.4, 0.5) is 0 Å². The average molecular weight is 348 g/mol.